The SMILES string of the molecule is C=C[Se]c1ccccc1. The van der Waals surface area contributed by atoms with Crippen molar-refractivity contribution in [3.05, 3.63) is 41.9 Å². The minimum absolute atomic E-state index is 0.473. The van der Waals surface area contributed by atoms with Gasteiger partial charge in [0.05, 0.1) is 0 Å². The number of benzene rings is 1. The number of rotatable bonds is 2. The summed E-state index contributed by atoms with van der Waals surface area (Å²) in [6, 6.07) is 10.4. The third-order valence-electron chi connectivity index (χ3n) is 0.963. The summed E-state index contributed by atoms with van der Waals surface area (Å²) in [5.41, 5.74) is 0. The molecule has 0 unspecified atom stereocenters. The molecule has 9 heavy (non-hydrogen) atoms. The molecule has 1 aromatic carbocycles. The second-order valence-electron chi connectivity index (χ2n) is 1.60. The van der Waals surface area contributed by atoms with Crippen LogP contribution in [-0.2, 0) is 0 Å². The van der Waals surface area contributed by atoms with E-state index >= 15 is 0 Å². The Morgan fingerprint density at radius 3 is 2.44 bits per heavy atom. The van der Waals surface area contributed by atoms with Gasteiger partial charge in [0, 0.05) is 0 Å². The zero-order valence-corrected chi connectivity index (χ0v) is 6.79. The van der Waals surface area contributed by atoms with E-state index in [-0.39, 0.29) is 0 Å². The molecule has 1 heteroatoms. The summed E-state index contributed by atoms with van der Waals surface area (Å²) in [7, 11) is 0. The van der Waals surface area contributed by atoms with Crippen molar-refractivity contribution >= 4 is 19.4 Å². The third-order valence-corrected chi connectivity index (χ3v) is 2.45. The first-order valence-corrected chi connectivity index (χ1v) is 4.60. The van der Waals surface area contributed by atoms with Crippen molar-refractivity contribution in [2.24, 2.45) is 0 Å². The van der Waals surface area contributed by atoms with Crippen LogP contribution in [0.5, 0.6) is 0 Å². The van der Waals surface area contributed by atoms with E-state index in [9.17, 15) is 0 Å². The van der Waals surface area contributed by atoms with E-state index in [2.05, 4.69) is 30.8 Å². The molecule has 0 bridgehead atoms. The Kier molecular flexibility index (Phi) is 2.56. The van der Waals surface area contributed by atoms with E-state index in [0.29, 0.717) is 15.0 Å². The van der Waals surface area contributed by atoms with Gasteiger partial charge < -0.3 is 0 Å². The van der Waals surface area contributed by atoms with Crippen LogP contribution in [0.3, 0.4) is 0 Å². The van der Waals surface area contributed by atoms with Crippen molar-refractivity contribution in [1.29, 1.82) is 0 Å². The summed E-state index contributed by atoms with van der Waals surface area (Å²) < 4.78 is 1.39. The second kappa shape index (κ2) is 3.49. The van der Waals surface area contributed by atoms with Gasteiger partial charge in [0.25, 0.3) is 0 Å². The van der Waals surface area contributed by atoms with E-state index in [1.165, 1.54) is 4.46 Å². The molecule has 0 heterocycles. The van der Waals surface area contributed by atoms with Crippen molar-refractivity contribution in [3.63, 3.8) is 0 Å². The van der Waals surface area contributed by atoms with Crippen molar-refractivity contribution in [2.45, 2.75) is 0 Å². The molecule has 1 aromatic rings. The summed E-state index contributed by atoms with van der Waals surface area (Å²) in [5, 5.41) is 0. The molecule has 0 saturated carbocycles. The van der Waals surface area contributed by atoms with Gasteiger partial charge >= 0.3 is 61.3 Å². The van der Waals surface area contributed by atoms with Crippen molar-refractivity contribution in [3.8, 4) is 0 Å². The molecule has 0 fully saturated rings. The van der Waals surface area contributed by atoms with Gasteiger partial charge in [0.15, 0.2) is 0 Å². The van der Waals surface area contributed by atoms with E-state index in [4.69, 9.17) is 0 Å². The predicted molar refractivity (Wildman–Crippen MR) is 42.0 cm³/mol. The molecule has 1 rings (SSSR count). The molecule has 0 aliphatic heterocycles. The van der Waals surface area contributed by atoms with E-state index < -0.39 is 0 Å². The van der Waals surface area contributed by atoms with Crippen molar-refractivity contribution in [2.75, 3.05) is 0 Å². The van der Waals surface area contributed by atoms with Gasteiger partial charge in [-0.3, -0.25) is 0 Å². The van der Waals surface area contributed by atoms with E-state index in [1.54, 1.807) is 0 Å². The Balaban J connectivity index is 2.72. The molecule has 0 atom stereocenters. The van der Waals surface area contributed by atoms with Crippen LogP contribution in [0, 0.1) is 0 Å². The first kappa shape index (κ1) is 6.60. The standard InChI is InChI=1S/C8H8Se/c1-2-9-8-6-4-3-5-7-8/h2-7H,1H2. The van der Waals surface area contributed by atoms with Gasteiger partial charge in [-0.15, -0.1) is 0 Å². The number of hydrogen-bond donors (Lipinski definition) is 0. The van der Waals surface area contributed by atoms with Gasteiger partial charge in [-0.05, 0) is 0 Å². The van der Waals surface area contributed by atoms with Crippen LogP contribution < -0.4 is 4.46 Å². The van der Waals surface area contributed by atoms with Gasteiger partial charge in [0.1, 0.15) is 0 Å². The van der Waals surface area contributed by atoms with Crippen molar-refractivity contribution in [1.82, 2.24) is 0 Å². The van der Waals surface area contributed by atoms with Crippen LogP contribution >= 0.6 is 0 Å². The first-order valence-electron chi connectivity index (χ1n) is 2.76. The summed E-state index contributed by atoms with van der Waals surface area (Å²) in [4.78, 5) is 1.97. The molecule has 0 spiro atoms. The topological polar surface area (TPSA) is 0 Å². The van der Waals surface area contributed by atoms with E-state index in [1.807, 2.05) is 11.0 Å². The maximum atomic E-state index is 3.68. The van der Waals surface area contributed by atoms with Gasteiger partial charge in [0.2, 0.25) is 0 Å². The van der Waals surface area contributed by atoms with Crippen LogP contribution in [0.15, 0.2) is 41.9 Å². The van der Waals surface area contributed by atoms with Gasteiger partial charge in [-0.2, -0.15) is 0 Å². The molecule has 0 saturated heterocycles. The Labute approximate surface area is 61.8 Å². The molecule has 0 radical (unpaired) electrons. The van der Waals surface area contributed by atoms with Crippen LogP contribution in [0.25, 0.3) is 0 Å². The van der Waals surface area contributed by atoms with Gasteiger partial charge in [-0.1, -0.05) is 0 Å². The summed E-state index contributed by atoms with van der Waals surface area (Å²) in [6.07, 6.45) is 0. The fraction of sp³-hybridized carbons (Fsp3) is 0. The van der Waals surface area contributed by atoms with Crippen LogP contribution in [0.1, 0.15) is 0 Å². The van der Waals surface area contributed by atoms with Crippen LogP contribution in [0.2, 0.25) is 0 Å². The van der Waals surface area contributed by atoms with Gasteiger partial charge in [-0.25, -0.2) is 0 Å². The zero-order chi connectivity index (χ0) is 6.53. The average molecular weight is 183 g/mol. The Morgan fingerprint density at radius 1 is 1.22 bits per heavy atom. The molecule has 46 valence electrons. The van der Waals surface area contributed by atoms with Crippen LogP contribution in [-0.4, -0.2) is 15.0 Å². The normalized spacial score (nSPS) is 8.89. The molecule has 0 nitrogen and oxygen atoms in total. The summed E-state index contributed by atoms with van der Waals surface area (Å²) >= 11 is 0.473. The fourth-order valence-electron chi connectivity index (χ4n) is 0.595. The Morgan fingerprint density at radius 2 is 1.89 bits per heavy atom. The monoisotopic (exact) mass is 184 g/mol. The van der Waals surface area contributed by atoms with Crippen LogP contribution in [0.4, 0.5) is 0 Å². The fourth-order valence-corrected chi connectivity index (χ4v) is 1.66. The minimum atomic E-state index is 0.473. The molecule has 0 aromatic heterocycles. The Hall–Kier alpha value is -0.521. The quantitative estimate of drug-likeness (QED) is 0.603. The molecule has 0 N–H and O–H groups in total. The predicted octanol–water partition coefficient (Wildman–Crippen LogP) is 1.16. The Bertz CT molecular complexity index is 179. The molecule has 0 amide bonds. The number of hydrogen-bond acceptors (Lipinski definition) is 0. The van der Waals surface area contributed by atoms with E-state index in [0.717, 1.165) is 0 Å². The molecular formula is C8H8Se. The maximum absolute atomic E-state index is 3.68. The molecule has 0 aliphatic carbocycles. The summed E-state index contributed by atoms with van der Waals surface area (Å²) in [5.74, 6) is 0. The first-order chi connectivity index (χ1) is 4.43. The second-order valence-corrected chi connectivity index (χ2v) is 3.78. The average Bonchev–Trinajstić information content (AvgIpc) is 1.91. The zero-order valence-electron chi connectivity index (χ0n) is 5.08. The third kappa shape index (κ3) is 2.04. The molecule has 0 aliphatic rings. The van der Waals surface area contributed by atoms with Crippen molar-refractivity contribution < 1.29 is 0 Å². The summed E-state index contributed by atoms with van der Waals surface area (Å²) in [6.45, 7) is 3.68. The molecular weight excluding hydrogens is 175 g/mol.